The van der Waals surface area contributed by atoms with Crippen molar-refractivity contribution >= 4 is 29.5 Å². The highest BCUT2D eigenvalue weighted by molar-refractivity contribution is 6.31. The van der Waals surface area contributed by atoms with Gasteiger partial charge in [-0.05, 0) is 44.2 Å². The van der Waals surface area contributed by atoms with Gasteiger partial charge in [0.05, 0.1) is 12.2 Å². The second-order valence-corrected chi connectivity index (χ2v) is 9.39. The highest BCUT2D eigenvalue weighted by Gasteiger charge is 2.23. The molecule has 32 heavy (non-hydrogen) atoms. The minimum absolute atomic E-state index is 0.0797. The molecule has 0 atom stereocenters. The van der Waals surface area contributed by atoms with Crippen LogP contribution in [0.2, 0.25) is 5.15 Å². The van der Waals surface area contributed by atoms with Crippen molar-refractivity contribution in [3.05, 3.63) is 57.9 Å². The van der Waals surface area contributed by atoms with Gasteiger partial charge in [0.25, 0.3) is 0 Å². The molecule has 2 aromatic rings. The fourth-order valence-corrected chi connectivity index (χ4v) is 4.18. The van der Waals surface area contributed by atoms with E-state index in [0.29, 0.717) is 37.1 Å². The molecule has 1 aromatic carbocycles. The van der Waals surface area contributed by atoms with Crippen molar-refractivity contribution in [1.82, 2.24) is 20.0 Å². The van der Waals surface area contributed by atoms with Gasteiger partial charge in [-0.15, -0.1) is 0 Å². The molecule has 0 saturated carbocycles. The zero-order valence-electron chi connectivity index (χ0n) is 19.4. The number of nitrogens with zero attached hydrogens (tertiary/aromatic N) is 3. The number of nitrogens with one attached hydrogen (secondary N) is 1. The Morgan fingerprint density at radius 2 is 1.84 bits per heavy atom. The number of amides is 2. The van der Waals surface area contributed by atoms with Crippen LogP contribution >= 0.6 is 11.6 Å². The van der Waals surface area contributed by atoms with Crippen LogP contribution in [0.1, 0.15) is 55.5 Å². The van der Waals surface area contributed by atoms with E-state index in [1.165, 1.54) is 11.6 Å². The first kappa shape index (κ1) is 24.1. The van der Waals surface area contributed by atoms with Gasteiger partial charge in [-0.25, -0.2) is 4.68 Å². The Bertz CT molecular complexity index is 971. The average molecular weight is 457 g/mol. The second-order valence-electron chi connectivity index (χ2n) is 9.03. The number of benzene rings is 1. The molecule has 2 amide bonds. The first-order chi connectivity index (χ1) is 15.2. The maximum absolute atomic E-state index is 12.4. The Hall–Kier alpha value is -2.60. The van der Waals surface area contributed by atoms with Crippen molar-refractivity contribution in [3.63, 3.8) is 0 Å². The third-order valence-corrected chi connectivity index (χ3v) is 6.14. The Morgan fingerprint density at radius 3 is 2.47 bits per heavy atom. The molecule has 1 fully saturated rings. The lowest BCUT2D eigenvalue weighted by Crippen LogP contribution is -2.46. The van der Waals surface area contributed by atoms with Gasteiger partial charge < -0.3 is 10.2 Å². The van der Waals surface area contributed by atoms with Crippen LogP contribution in [0.3, 0.4) is 0 Å². The molecule has 1 aliphatic rings. The van der Waals surface area contributed by atoms with Gasteiger partial charge in [0.2, 0.25) is 11.8 Å². The van der Waals surface area contributed by atoms with E-state index in [1.54, 1.807) is 10.8 Å². The lowest BCUT2D eigenvalue weighted by Gasteiger charge is -2.32. The maximum Gasteiger partial charge on any atom is 0.244 e. The number of rotatable bonds is 7. The van der Waals surface area contributed by atoms with E-state index in [-0.39, 0.29) is 17.9 Å². The van der Waals surface area contributed by atoms with E-state index in [1.807, 2.05) is 11.8 Å². The van der Waals surface area contributed by atoms with Crippen LogP contribution in [-0.2, 0) is 16.1 Å². The van der Waals surface area contributed by atoms with E-state index in [9.17, 15) is 9.59 Å². The molecule has 1 aliphatic heterocycles. The Balaban J connectivity index is 1.54. The molecule has 0 unspecified atom stereocenters. The number of hydrogen-bond acceptors (Lipinski definition) is 3. The first-order valence-electron chi connectivity index (χ1n) is 11.3. The van der Waals surface area contributed by atoms with E-state index >= 15 is 0 Å². The molecule has 1 saturated heterocycles. The Kier molecular flexibility index (Phi) is 8.13. The standard InChI is InChI=1S/C25H33ClN4O2/c1-17(2)15-24(32)29-13-11-21(12-14-29)27-23(31)10-9-22-19(4)28-30(25(22)26)16-20-7-5-18(3)6-8-20/h5-10,17,21H,11-16H2,1-4H3,(H,27,31)/b10-9+. The monoisotopic (exact) mass is 456 g/mol. The number of carbonyl (C=O) groups excluding carboxylic acids is 2. The lowest BCUT2D eigenvalue weighted by molar-refractivity contribution is -0.133. The molecule has 2 heterocycles. The minimum Gasteiger partial charge on any atom is -0.350 e. The molecule has 7 heteroatoms. The number of piperidine rings is 1. The summed E-state index contributed by atoms with van der Waals surface area (Å²) in [5.74, 6) is 0.415. The molecular weight excluding hydrogens is 424 g/mol. The van der Waals surface area contributed by atoms with Gasteiger partial charge in [0, 0.05) is 37.2 Å². The molecule has 0 bridgehead atoms. The summed E-state index contributed by atoms with van der Waals surface area (Å²) in [5.41, 5.74) is 3.86. The zero-order valence-corrected chi connectivity index (χ0v) is 20.2. The van der Waals surface area contributed by atoms with Crippen LogP contribution in [0, 0.1) is 19.8 Å². The zero-order chi connectivity index (χ0) is 23.3. The normalized spacial score (nSPS) is 15.0. The van der Waals surface area contributed by atoms with Crippen molar-refractivity contribution in [1.29, 1.82) is 0 Å². The fraction of sp³-hybridized carbons (Fsp3) is 0.480. The third-order valence-electron chi connectivity index (χ3n) is 5.74. The molecule has 0 aliphatic carbocycles. The highest BCUT2D eigenvalue weighted by atomic mass is 35.5. The van der Waals surface area contributed by atoms with Gasteiger partial charge in [0.15, 0.2) is 0 Å². The van der Waals surface area contributed by atoms with Crippen molar-refractivity contribution in [2.75, 3.05) is 13.1 Å². The van der Waals surface area contributed by atoms with E-state index in [4.69, 9.17) is 11.6 Å². The average Bonchev–Trinajstić information content (AvgIpc) is 3.00. The van der Waals surface area contributed by atoms with Gasteiger partial charge in [-0.3, -0.25) is 9.59 Å². The summed E-state index contributed by atoms with van der Waals surface area (Å²) in [7, 11) is 0. The lowest BCUT2D eigenvalue weighted by atomic mass is 10.0. The summed E-state index contributed by atoms with van der Waals surface area (Å²) in [4.78, 5) is 26.6. The minimum atomic E-state index is -0.154. The van der Waals surface area contributed by atoms with Crippen LogP contribution in [0.4, 0.5) is 0 Å². The molecule has 0 spiro atoms. The highest BCUT2D eigenvalue weighted by Crippen LogP contribution is 2.22. The second kappa shape index (κ2) is 10.8. The largest absolute Gasteiger partial charge is 0.350 e. The summed E-state index contributed by atoms with van der Waals surface area (Å²) >= 11 is 6.55. The Morgan fingerprint density at radius 1 is 1.19 bits per heavy atom. The van der Waals surface area contributed by atoms with Crippen LogP contribution < -0.4 is 5.32 Å². The van der Waals surface area contributed by atoms with Gasteiger partial charge in [0.1, 0.15) is 5.15 Å². The van der Waals surface area contributed by atoms with Crippen molar-refractivity contribution < 1.29 is 9.59 Å². The van der Waals surface area contributed by atoms with E-state index in [0.717, 1.165) is 29.7 Å². The SMILES string of the molecule is Cc1ccc(Cn2nc(C)c(/C=C/C(=O)NC3CCN(C(=O)CC(C)C)CC3)c2Cl)cc1. The predicted octanol–water partition coefficient (Wildman–Crippen LogP) is 4.37. The van der Waals surface area contributed by atoms with Crippen LogP contribution in [0.5, 0.6) is 0 Å². The summed E-state index contributed by atoms with van der Waals surface area (Å²) in [6, 6.07) is 8.34. The topological polar surface area (TPSA) is 67.2 Å². The number of likely N-dealkylation sites (tertiary alicyclic amines) is 1. The van der Waals surface area contributed by atoms with Crippen molar-refractivity contribution in [3.8, 4) is 0 Å². The molecule has 0 radical (unpaired) electrons. The molecular formula is C25H33ClN4O2. The summed E-state index contributed by atoms with van der Waals surface area (Å²) in [6.45, 7) is 10.0. The summed E-state index contributed by atoms with van der Waals surface area (Å²) < 4.78 is 1.75. The fourth-order valence-electron chi connectivity index (χ4n) is 3.89. The molecule has 6 nitrogen and oxygen atoms in total. The van der Waals surface area contributed by atoms with Crippen LogP contribution in [0.15, 0.2) is 30.3 Å². The van der Waals surface area contributed by atoms with E-state index in [2.05, 4.69) is 55.5 Å². The maximum atomic E-state index is 12.4. The van der Waals surface area contributed by atoms with Crippen LogP contribution in [-0.4, -0.2) is 45.6 Å². The number of aryl methyl sites for hydroxylation is 2. The summed E-state index contributed by atoms with van der Waals surface area (Å²) in [5, 5.41) is 8.09. The third kappa shape index (κ3) is 6.45. The predicted molar refractivity (Wildman–Crippen MR) is 128 cm³/mol. The molecule has 172 valence electrons. The molecule has 3 rings (SSSR count). The molecule has 1 N–H and O–H groups in total. The van der Waals surface area contributed by atoms with Crippen molar-refractivity contribution in [2.24, 2.45) is 5.92 Å². The van der Waals surface area contributed by atoms with Gasteiger partial charge >= 0.3 is 0 Å². The van der Waals surface area contributed by atoms with Gasteiger partial charge in [-0.2, -0.15) is 5.10 Å². The number of halogens is 1. The molecule has 1 aromatic heterocycles. The van der Waals surface area contributed by atoms with E-state index < -0.39 is 0 Å². The number of carbonyl (C=O) groups is 2. The van der Waals surface area contributed by atoms with Crippen molar-refractivity contribution in [2.45, 2.75) is 59.5 Å². The summed E-state index contributed by atoms with van der Waals surface area (Å²) in [6.07, 6.45) is 5.38. The van der Waals surface area contributed by atoms with Gasteiger partial charge in [-0.1, -0.05) is 55.3 Å². The smallest absolute Gasteiger partial charge is 0.244 e. The number of aromatic nitrogens is 2. The number of hydrogen-bond donors (Lipinski definition) is 1. The first-order valence-corrected chi connectivity index (χ1v) is 11.7. The van der Waals surface area contributed by atoms with Crippen LogP contribution in [0.25, 0.3) is 6.08 Å². The Labute approximate surface area is 195 Å². The quantitative estimate of drug-likeness (QED) is 0.629.